The third-order valence-electron chi connectivity index (χ3n) is 6.88. The Morgan fingerprint density at radius 1 is 0.606 bits per heavy atom. The molecule has 2 aromatic carbocycles. The summed E-state index contributed by atoms with van der Waals surface area (Å²) in [7, 11) is 4.24. The van der Waals surface area contributed by atoms with Crippen LogP contribution in [-0.2, 0) is 10.8 Å². The Bertz CT molecular complexity index is 1180. The average molecular weight is 444 g/mol. The molecule has 0 bridgehead atoms. The second-order valence-corrected chi connectivity index (χ2v) is 11.8. The van der Waals surface area contributed by atoms with Crippen LogP contribution in [0.4, 0.5) is 11.4 Å². The molecule has 0 aliphatic carbocycles. The van der Waals surface area contributed by atoms with E-state index in [9.17, 15) is 0 Å². The lowest BCUT2D eigenvalue weighted by atomic mass is 9.84. The summed E-state index contributed by atoms with van der Waals surface area (Å²) in [6.45, 7) is 15.5. The summed E-state index contributed by atoms with van der Waals surface area (Å²) in [6.07, 6.45) is 8.66. The second-order valence-electron chi connectivity index (χ2n) is 11.8. The van der Waals surface area contributed by atoms with Crippen LogP contribution in [0.25, 0.3) is 21.8 Å². The van der Waals surface area contributed by atoms with Gasteiger partial charge in [0.25, 0.3) is 0 Å². The number of hydrogen-bond acceptors (Lipinski definition) is 4. The molecule has 174 valence electrons. The number of fused-ring (bicyclic) bond motifs is 3. The molecule has 2 aliphatic heterocycles. The second kappa shape index (κ2) is 7.21. The predicted octanol–water partition coefficient (Wildman–Crippen LogP) is 6.28. The van der Waals surface area contributed by atoms with Crippen molar-refractivity contribution in [1.29, 1.82) is 0 Å². The fraction of sp³-hybridized carbons (Fsp3) is 0.429. The van der Waals surface area contributed by atoms with E-state index in [4.69, 9.17) is 0 Å². The van der Waals surface area contributed by atoms with E-state index >= 15 is 0 Å². The summed E-state index contributed by atoms with van der Waals surface area (Å²) in [5.74, 6) is 0. The summed E-state index contributed by atoms with van der Waals surface area (Å²) in [5.41, 5.74) is 7.75. The zero-order chi connectivity index (χ0) is 23.7. The monoisotopic (exact) mass is 443 g/mol. The third-order valence-corrected chi connectivity index (χ3v) is 6.88. The van der Waals surface area contributed by atoms with E-state index in [1.165, 1.54) is 44.3 Å². The van der Waals surface area contributed by atoms with Gasteiger partial charge in [-0.3, -0.25) is 0 Å². The molecule has 3 heterocycles. The normalized spacial score (nSPS) is 17.0. The molecular formula is C28H37N5. The van der Waals surface area contributed by atoms with Gasteiger partial charge in [-0.25, -0.2) is 0 Å². The fourth-order valence-corrected chi connectivity index (χ4v) is 4.76. The van der Waals surface area contributed by atoms with Gasteiger partial charge in [-0.15, -0.1) is 0 Å². The Morgan fingerprint density at radius 2 is 1.00 bits per heavy atom. The molecule has 0 atom stereocenters. The van der Waals surface area contributed by atoms with Crippen molar-refractivity contribution in [3.05, 3.63) is 60.2 Å². The van der Waals surface area contributed by atoms with Crippen molar-refractivity contribution >= 4 is 33.2 Å². The molecule has 0 unspecified atom stereocenters. The molecule has 5 nitrogen and oxygen atoms in total. The fourth-order valence-electron chi connectivity index (χ4n) is 4.76. The van der Waals surface area contributed by atoms with Gasteiger partial charge in [0.05, 0.1) is 35.7 Å². The van der Waals surface area contributed by atoms with Gasteiger partial charge >= 0.3 is 0 Å². The number of H-pyrrole nitrogens is 1. The summed E-state index contributed by atoms with van der Waals surface area (Å²) in [6, 6.07) is 9.55. The lowest BCUT2D eigenvalue weighted by Crippen LogP contribution is -2.23. The van der Waals surface area contributed by atoms with Crippen LogP contribution in [0.1, 0.15) is 52.7 Å². The number of benzene rings is 2. The topological polar surface area (TPSA) is 28.8 Å². The number of aromatic amines is 1. The first kappa shape index (κ1) is 21.7. The summed E-state index contributed by atoms with van der Waals surface area (Å²) >= 11 is 0. The quantitative estimate of drug-likeness (QED) is 0.505. The number of nitrogens with one attached hydrogen (secondary N) is 1. The van der Waals surface area contributed by atoms with Crippen LogP contribution in [0, 0.1) is 0 Å². The summed E-state index contributed by atoms with van der Waals surface area (Å²) < 4.78 is 0. The van der Waals surface area contributed by atoms with E-state index in [1.807, 2.05) is 0 Å². The van der Waals surface area contributed by atoms with Crippen LogP contribution in [-0.4, -0.2) is 42.2 Å². The molecular weight excluding hydrogens is 406 g/mol. The van der Waals surface area contributed by atoms with Gasteiger partial charge in [-0.05, 0) is 46.2 Å². The SMILES string of the molecule is CN1C=CN(c2cc(C(C)(C)C)cc3c2[nH]c2c(N4C=CN(C)C4)cc(C(C)(C)C)cc23)C1. The van der Waals surface area contributed by atoms with E-state index in [0.717, 1.165) is 13.3 Å². The van der Waals surface area contributed by atoms with E-state index in [-0.39, 0.29) is 10.8 Å². The highest BCUT2D eigenvalue weighted by Crippen LogP contribution is 2.43. The first-order valence-electron chi connectivity index (χ1n) is 11.9. The van der Waals surface area contributed by atoms with Crippen LogP contribution in [0.2, 0.25) is 0 Å². The van der Waals surface area contributed by atoms with E-state index in [1.54, 1.807) is 0 Å². The minimum atomic E-state index is 0.0622. The zero-order valence-corrected chi connectivity index (χ0v) is 21.3. The number of aromatic nitrogens is 1. The van der Waals surface area contributed by atoms with Crippen molar-refractivity contribution in [2.24, 2.45) is 0 Å². The van der Waals surface area contributed by atoms with Crippen LogP contribution in [0.15, 0.2) is 49.1 Å². The summed E-state index contributed by atoms with van der Waals surface area (Å²) in [5, 5.41) is 2.61. The maximum Gasteiger partial charge on any atom is 0.0939 e. The van der Waals surface area contributed by atoms with Crippen molar-refractivity contribution in [2.45, 2.75) is 52.4 Å². The van der Waals surface area contributed by atoms with Gasteiger partial charge in [0.1, 0.15) is 0 Å². The third kappa shape index (κ3) is 3.73. The first-order chi connectivity index (χ1) is 15.4. The van der Waals surface area contributed by atoms with Crippen LogP contribution in [0.5, 0.6) is 0 Å². The molecule has 1 N–H and O–H groups in total. The highest BCUT2D eigenvalue weighted by Gasteiger charge is 2.26. The number of hydrogen-bond donors (Lipinski definition) is 1. The van der Waals surface area contributed by atoms with Gasteiger partial charge in [-0.1, -0.05) is 41.5 Å². The molecule has 0 amide bonds. The standard InChI is InChI=1S/C28H37N5/c1-27(2,3)19-13-21-22-14-20(28(4,5)6)16-24(33-12-10-31(8)18-33)26(22)29-25(21)23(15-19)32-11-9-30(7)17-32/h9-16,29H,17-18H2,1-8H3. The Balaban J connectivity index is 1.84. The number of nitrogens with zero attached hydrogens (tertiary/aromatic N) is 4. The van der Waals surface area contributed by atoms with Gasteiger partial charge < -0.3 is 24.6 Å². The molecule has 1 aromatic heterocycles. The first-order valence-corrected chi connectivity index (χ1v) is 11.9. The Labute approximate surface area is 197 Å². The highest BCUT2D eigenvalue weighted by molar-refractivity contribution is 6.15. The molecule has 5 heteroatoms. The smallest absolute Gasteiger partial charge is 0.0939 e. The predicted molar refractivity (Wildman–Crippen MR) is 142 cm³/mol. The number of anilines is 2. The minimum absolute atomic E-state index is 0.0622. The van der Waals surface area contributed by atoms with Crippen LogP contribution in [0.3, 0.4) is 0 Å². The van der Waals surface area contributed by atoms with Crippen LogP contribution >= 0.6 is 0 Å². The van der Waals surface area contributed by atoms with Gasteiger partial charge in [-0.2, -0.15) is 0 Å². The number of rotatable bonds is 2. The Morgan fingerprint density at radius 3 is 1.30 bits per heavy atom. The maximum absolute atomic E-state index is 3.87. The molecule has 0 saturated heterocycles. The van der Waals surface area contributed by atoms with Crippen molar-refractivity contribution < 1.29 is 0 Å². The maximum atomic E-state index is 3.87. The van der Waals surface area contributed by atoms with E-state index in [0.29, 0.717) is 0 Å². The van der Waals surface area contributed by atoms with Crippen molar-refractivity contribution in [1.82, 2.24) is 14.8 Å². The average Bonchev–Trinajstić information content (AvgIpc) is 3.43. The molecule has 0 saturated carbocycles. The van der Waals surface area contributed by atoms with Gasteiger partial charge in [0.15, 0.2) is 0 Å². The van der Waals surface area contributed by atoms with Gasteiger partial charge in [0, 0.05) is 49.7 Å². The molecule has 0 radical (unpaired) electrons. The van der Waals surface area contributed by atoms with Crippen LogP contribution < -0.4 is 9.80 Å². The molecule has 0 spiro atoms. The molecule has 3 aromatic rings. The molecule has 5 rings (SSSR count). The van der Waals surface area contributed by atoms with E-state index < -0.39 is 0 Å². The van der Waals surface area contributed by atoms with Gasteiger partial charge in [0.2, 0.25) is 0 Å². The summed E-state index contributed by atoms with van der Waals surface area (Å²) in [4.78, 5) is 13.0. The van der Waals surface area contributed by atoms with E-state index in [2.05, 4.69) is 129 Å². The zero-order valence-electron chi connectivity index (χ0n) is 21.3. The largest absolute Gasteiger partial charge is 0.361 e. The molecule has 2 aliphatic rings. The van der Waals surface area contributed by atoms with Crippen molar-refractivity contribution in [3.63, 3.8) is 0 Å². The lowest BCUT2D eigenvalue weighted by Gasteiger charge is -2.25. The van der Waals surface area contributed by atoms with Crippen molar-refractivity contribution in [2.75, 3.05) is 37.2 Å². The Kier molecular flexibility index (Phi) is 4.75. The van der Waals surface area contributed by atoms with Crippen molar-refractivity contribution in [3.8, 4) is 0 Å². The lowest BCUT2D eigenvalue weighted by molar-refractivity contribution is 0.495. The minimum Gasteiger partial charge on any atom is -0.361 e. The molecule has 0 fully saturated rings. The highest BCUT2D eigenvalue weighted by atomic mass is 15.3. The molecule has 33 heavy (non-hydrogen) atoms. The Hall–Kier alpha value is -3.08.